The number of carbonyl (C=O) groups is 1. The smallest absolute Gasteiger partial charge is 0.322 e. The van der Waals surface area contributed by atoms with Crippen molar-refractivity contribution in [2.75, 3.05) is 19.6 Å². The molecule has 0 unspecified atom stereocenters. The fraction of sp³-hybridized carbons (Fsp3) is 0.545. The second-order valence-electron chi connectivity index (χ2n) is 4.03. The van der Waals surface area contributed by atoms with E-state index in [1.54, 1.807) is 11.3 Å². The molecule has 0 radical (unpaired) electrons. The molecular formula is C11H16N2O2S. The molecule has 1 aliphatic rings. The summed E-state index contributed by atoms with van der Waals surface area (Å²) in [6.45, 7) is 4.36. The van der Waals surface area contributed by atoms with E-state index in [0.717, 1.165) is 13.1 Å². The van der Waals surface area contributed by atoms with E-state index in [9.17, 15) is 4.79 Å². The summed E-state index contributed by atoms with van der Waals surface area (Å²) in [5.74, 6) is -0.761. The van der Waals surface area contributed by atoms with Gasteiger partial charge in [0.2, 0.25) is 0 Å². The van der Waals surface area contributed by atoms with Gasteiger partial charge in [-0.15, -0.1) is 11.3 Å². The summed E-state index contributed by atoms with van der Waals surface area (Å²) in [6.07, 6.45) is 0. The third kappa shape index (κ3) is 2.42. The first-order valence-corrected chi connectivity index (χ1v) is 6.30. The number of carboxylic acids is 1. The van der Waals surface area contributed by atoms with E-state index in [1.165, 1.54) is 4.88 Å². The molecule has 1 fully saturated rings. The number of hydrogen-bond donors (Lipinski definition) is 2. The zero-order valence-electron chi connectivity index (χ0n) is 9.22. The van der Waals surface area contributed by atoms with Crippen molar-refractivity contribution in [1.82, 2.24) is 10.2 Å². The maximum atomic E-state index is 10.9. The normalized spacial score (nSPS) is 24.2. The van der Waals surface area contributed by atoms with Crippen molar-refractivity contribution in [2.45, 2.75) is 19.0 Å². The lowest BCUT2D eigenvalue weighted by molar-refractivity contribution is -0.140. The fourth-order valence-electron chi connectivity index (χ4n) is 2.00. The first-order chi connectivity index (χ1) is 7.68. The van der Waals surface area contributed by atoms with Crippen LogP contribution in [0.25, 0.3) is 0 Å². The van der Waals surface area contributed by atoms with Gasteiger partial charge in [0.25, 0.3) is 0 Å². The first kappa shape index (κ1) is 11.6. The number of nitrogens with zero attached hydrogens (tertiary/aromatic N) is 1. The van der Waals surface area contributed by atoms with Gasteiger partial charge in [0.15, 0.2) is 0 Å². The Morgan fingerprint density at radius 2 is 2.56 bits per heavy atom. The van der Waals surface area contributed by atoms with Crippen LogP contribution in [-0.2, 0) is 4.79 Å². The first-order valence-electron chi connectivity index (χ1n) is 5.42. The Kier molecular flexibility index (Phi) is 3.58. The van der Waals surface area contributed by atoms with Gasteiger partial charge < -0.3 is 10.4 Å². The number of rotatable bonds is 3. The molecule has 1 aromatic rings. The fourth-order valence-corrected chi connectivity index (χ4v) is 2.82. The Hall–Kier alpha value is -0.910. The quantitative estimate of drug-likeness (QED) is 0.832. The van der Waals surface area contributed by atoms with Crippen molar-refractivity contribution < 1.29 is 9.90 Å². The molecule has 2 atom stereocenters. The van der Waals surface area contributed by atoms with Crippen LogP contribution in [0.4, 0.5) is 0 Å². The molecule has 4 nitrogen and oxygen atoms in total. The lowest BCUT2D eigenvalue weighted by atomic mass is 10.1. The maximum Gasteiger partial charge on any atom is 0.322 e. The Balaban J connectivity index is 2.01. The second kappa shape index (κ2) is 4.95. The van der Waals surface area contributed by atoms with Crippen molar-refractivity contribution in [3.63, 3.8) is 0 Å². The Labute approximate surface area is 98.9 Å². The van der Waals surface area contributed by atoms with Gasteiger partial charge in [-0.25, -0.2) is 0 Å². The Morgan fingerprint density at radius 3 is 3.19 bits per heavy atom. The van der Waals surface area contributed by atoms with E-state index in [2.05, 4.69) is 28.6 Å². The van der Waals surface area contributed by atoms with E-state index in [1.807, 2.05) is 6.07 Å². The molecule has 0 amide bonds. The predicted molar refractivity (Wildman–Crippen MR) is 63.7 cm³/mol. The molecule has 16 heavy (non-hydrogen) atoms. The second-order valence-corrected chi connectivity index (χ2v) is 5.01. The summed E-state index contributed by atoms with van der Waals surface area (Å²) in [7, 11) is 0. The molecule has 5 heteroatoms. The van der Waals surface area contributed by atoms with Gasteiger partial charge in [-0.05, 0) is 18.4 Å². The average molecular weight is 240 g/mol. The number of carboxylic acid groups (broad SMARTS) is 1. The SMILES string of the molecule is C[C@H](c1cccs1)N1CCN[C@H](C(=O)O)C1. The molecule has 88 valence electrons. The van der Waals surface area contributed by atoms with Crippen LogP contribution in [0.5, 0.6) is 0 Å². The minimum Gasteiger partial charge on any atom is -0.480 e. The summed E-state index contributed by atoms with van der Waals surface area (Å²) in [5, 5.41) is 14.1. The molecular weight excluding hydrogens is 224 g/mol. The standard InChI is InChI=1S/C11H16N2O2S/c1-8(10-3-2-6-16-10)13-5-4-12-9(7-13)11(14)15/h2-3,6,8-9,12H,4-5,7H2,1H3,(H,14,15)/t8-,9+/m1/s1. The molecule has 1 aromatic heterocycles. The number of piperazine rings is 1. The maximum absolute atomic E-state index is 10.9. The lowest BCUT2D eigenvalue weighted by Gasteiger charge is -2.35. The monoisotopic (exact) mass is 240 g/mol. The molecule has 0 saturated carbocycles. The molecule has 0 aromatic carbocycles. The van der Waals surface area contributed by atoms with Gasteiger partial charge in [0, 0.05) is 30.6 Å². The predicted octanol–water partition coefficient (Wildman–Crippen LogP) is 1.17. The van der Waals surface area contributed by atoms with E-state index >= 15 is 0 Å². The van der Waals surface area contributed by atoms with Crippen molar-refractivity contribution in [2.24, 2.45) is 0 Å². The van der Waals surface area contributed by atoms with Crippen LogP contribution >= 0.6 is 11.3 Å². The minimum absolute atomic E-state index is 0.309. The van der Waals surface area contributed by atoms with Crippen LogP contribution in [-0.4, -0.2) is 41.7 Å². The van der Waals surface area contributed by atoms with Crippen molar-refractivity contribution >= 4 is 17.3 Å². The summed E-state index contributed by atoms with van der Waals surface area (Å²) in [4.78, 5) is 14.4. The summed E-state index contributed by atoms with van der Waals surface area (Å²) >= 11 is 1.72. The van der Waals surface area contributed by atoms with Gasteiger partial charge in [-0.3, -0.25) is 9.69 Å². The van der Waals surface area contributed by atoms with Crippen LogP contribution in [0, 0.1) is 0 Å². The number of hydrogen-bond acceptors (Lipinski definition) is 4. The molecule has 2 heterocycles. The molecule has 1 aliphatic heterocycles. The van der Waals surface area contributed by atoms with Crippen LogP contribution in [0.15, 0.2) is 17.5 Å². The topological polar surface area (TPSA) is 52.6 Å². The van der Waals surface area contributed by atoms with E-state index in [0.29, 0.717) is 12.6 Å². The third-order valence-corrected chi connectivity index (χ3v) is 4.05. The highest BCUT2D eigenvalue weighted by Gasteiger charge is 2.28. The molecule has 0 bridgehead atoms. The van der Waals surface area contributed by atoms with Gasteiger partial charge in [0.05, 0.1) is 0 Å². The summed E-state index contributed by atoms with van der Waals surface area (Å²) in [6, 6.07) is 4.01. The van der Waals surface area contributed by atoms with E-state index < -0.39 is 12.0 Å². The minimum atomic E-state index is -0.761. The highest BCUT2D eigenvalue weighted by atomic mass is 32.1. The highest BCUT2D eigenvalue weighted by molar-refractivity contribution is 7.10. The number of aliphatic carboxylic acids is 1. The average Bonchev–Trinajstić information content (AvgIpc) is 2.81. The summed E-state index contributed by atoms with van der Waals surface area (Å²) < 4.78 is 0. The zero-order valence-corrected chi connectivity index (χ0v) is 10.0. The van der Waals surface area contributed by atoms with Crippen molar-refractivity contribution in [3.05, 3.63) is 22.4 Å². The van der Waals surface area contributed by atoms with Crippen LogP contribution in [0.2, 0.25) is 0 Å². The molecule has 2 rings (SSSR count). The number of nitrogens with one attached hydrogen (secondary N) is 1. The highest BCUT2D eigenvalue weighted by Crippen LogP contribution is 2.25. The molecule has 2 N–H and O–H groups in total. The number of thiophene rings is 1. The van der Waals surface area contributed by atoms with Gasteiger partial charge >= 0.3 is 5.97 Å². The van der Waals surface area contributed by atoms with Crippen LogP contribution in [0.1, 0.15) is 17.8 Å². The van der Waals surface area contributed by atoms with Gasteiger partial charge in [-0.1, -0.05) is 6.07 Å². The Morgan fingerprint density at radius 1 is 1.75 bits per heavy atom. The zero-order chi connectivity index (χ0) is 11.5. The lowest BCUT2D eigenvalue weighted by Crippen LogP contribution is -2.54. The van der Waals surface area contributed by atoms with Gasteiger partial charge in [-0.2, -0.15) is 0 Å². The largest absolute Gasteiger partial charge is 0.480 e. The van der Waals surface area contributed by atoms with E-state index in [-0.39, 0.29) is 0 Å². The van der Waals surface area contributed by atoms with E-state index in [4.69, 9.17) is 5.11 Å². The van der Waals surface area contributed by atoms with Crippen LogP contribution < -0.4 is 5.32 Å². The summed E-state index contributed by atoms with van der Waals surface area (Å²) in [5.41, 5.74) is 0. The third-order valence-electron chi connectivity index (χ3n) is 3.01. The van der Waals surface area contributed by atoms with Gasteiger partial charge in [0.1, 0.15) is 6.04 Å². The molecule has 0 spiro atoms. The molecule has 1 saturated heterocycles. The van der Waals surface area contributed by atoms with Crippen LogP contribution in [0.3, 0.4) is 0 Å². The van der Waals surface area contributed by atoms with Crippen molar-refractivity contribution in [1.29, 1.82) is 0 Å². The Bertz CT molecular complexity index is 353. The van der Waals surface area contributed by atoms with Crippen molar-refractivity contribution in [3.8, 4) is 0 Å². The molecule has 0 aliphatic carbocycles.